The Morgan fingerprint density at radius 1 is 1.40 bits per heavy atom. The van der Waals surface area contributed by atoms with Crippen LogP contribution in [0.25, 0.3) is 0 Å². The second kappa shape index (κ2) is 3.89. The Morgan fingerprint density at radius 2 is 2.07 bits per heavy atom. The first-order valence-corrected chi connectivity index (χ1v) is 5.09. The maximum Gasteiger partial charge on any atom is 0.313 e. The van der Waals surface area contributed by atoms with Crippen molar-refractivity contribution in [3.63, 3.8) is 0 Å². The van der Waals surface area contributed by atoms with Gasteiger partial charge in [-0.2, -0.15) is 0 Å². The first kappa shape index (κ1) is 9.97. The van der Waals surface area contributed by atoms with Gasteiger partial charge in [0.25, 0.3) is 0 Å². The Morgan fingerprint density at radius 3 is 2.60 bits per heavy atom. The maximum atomic E-state index is 11.5. The van der Waals surface area contributed by atoms with Gasteiger partial charge in [-0.05, 0) is 12.5 Å². The highest BCUT2D eigenvalue weighted by atomic mass is 16.6. The summed E-state index contributed by atoms with van der Waals surface area (Å²) in [5, 5.41) is 0. The predicted molar refractivity (Wildman–Crippen MR) is 58.2 cm³/mol. The van der Waals surface area contributed by atoms with E-state index in [9.17, 15) is 4.79 Å². The lowest BCUT2D eigenvalue weighted by Crippen LogP contribution is -2.07. The molecule has 1 aromatic carbocycles. The molecular weight excluding hydrogens is 188 g/mol. The Kier molecular flexibility index (Phi) is 2.58. The molecule has 78 valence electrons. The molecule has 0 spiro atoms. The highest BCUT2D eigenvalue weighted by Crippen LogP contribution is 2.36. The van der Waals surface area contributed by atoms with Crippen molar-refractivity contribution >= 4 is 5.97 Å². The van der Waals surface area contributed by atoms with Crippen LogP contribution in [0.4, 0.5) is 0 Å². The van der Waals surface area contributed by atoms with Gasteiger partial charge in [-0.15, -0.1) is 0 Å². The molecule has 1 saturated heterocycles. The molecule has 0 amide bonds. The normalized spacial score (nSPS) is 25.0. The number of esters is 1. The summed E-state index contributed by atoms with van der Waals surface area (Å²) < 4.78 is 5.32. The van der Waals surface area contributed by atoms with Crippen LogP contribution in [-0.4, -0.2) is 5.97 Å². The van der Waals surface area contributed by atoms with Crippen LogP contribution in [0.5, 0.6) is 0 Å². The van der Waals surface area contributed by atoms with Gasteiger partial charge in [0, 0.05) is 6.42 Å². The predicted octanol–water partition coefficient (Wildman–Crippen LogP) is 2.87. The minimum absolute atomic E-state index is 0.0969. The van der Waals surface area contributed by atoms with E-state index in [0.29, 0.717) is 0 Å². The molecule has 0 radical (unpaired) electrons. The Labute approximate surface area is 89.6 Å². The average Bonchev–Trinajstić information content (AvgIpc) is 2.62. The molecule has 2 rings (SSSR count). The fourth-order valence-electron chi connectivity index (χ4n) is 1.85. The van der Waals surface area contributed by atoms with E-state index in [2.05, 4.69) is 6.58 Å². The second-order valence-electron chi connectivity index (χ2n) is 3.97. The molecule has 0 aromatic heterocycles. The molecule has 1 aromatic rings. The van der Waals surface area contributed by atoms with Gasteiger partial charge in [0.2, 0.25) is 0 Å². The molecule has 1 heterocycles. The molecule has 0 bridgehead atoms. The Balaban J connectivity index is 2.16. The summed E-state index contributed by atoms with van der Waals surface area (Å²) in [6.45, 7) is 5.69. The number of hydrogen-bond acceptors (Lipinski definition) is 2. The summed E-state index contributed by atoms with van der Waals surface area (Å²) in [6.07, 6.45) is 0.624. The minimum atomic E-state index is -0.142. The van der Waals surface area contributed by atoms with Crippen LogP contribution >= 0.6 is 0 Å². The van der Waals surface area contributed by atoms with Gasteiger partial charge in [0.1, 0.15) is 6.10 Å². The van der Waals surface area contributed by atoms with Crippen LogP contribution in [0, 0.1) is 5.92 Å². The second-order valence-corrected chi connectivity index (χ2v) is 3.97. The Hall–Kier alpha value is -1.57. The maximum absolute atomic E-state index is 11.5. The zero-order valence-corrected chi connectivity index (χ0v) is 8.77. The minimum Gasteiger partial charge on any atom is -0.457 e. The van der Waals surface area contributed by atoms with Crippen LogP contribution < -0.4 is 0 Å². The highest BCUT2D eigenvalue weighted by Gasteiger charge is 2.35. The van der Waals surface area contributed by atoms with E-state index >= 15 is 0 Å². The van der Waals surface area contributed by atoms with E-state index in [4.69, 9.17) is 4.74 Å². The number of carbonyl (C=O) groups excluding carboxylic acids is 1. The van der Waals surface area contributed by atoms with Crippen LogP contribution in [0.3, 0.4) is 0 Å². The number of ether oxygens (including phenoxy) is 1. The Bertz CT molecular complexity index is 381. The van der Waals surface area contributed by atoms with Crippen LogP contribution in [-0.2, 0) is 9.53 Å². The van der Waals surface area contributed by atoms with Crippen molar-refractivity contribution in [3.8, 4) is 0 Å². The topological polar surface area (TPSA) is 26.3 Å². The SMILES string of the molecule is C=C(C)[C@H]1C[C@H](c2ccccc2)OC1=O. The molecular formula is C13H14O2. The van der Waals surface area contributed by atoms with Gasteiger partial charge in [-0.3, -0.25) is 4.79 Å². The van der Waals surface area contributed by atoms with E-state index in [-0.39, 0.29) is 18.0 Å². The summed E-state index contributed by atoms with van der Waals surface area (Å²) >= 11 is 0. The fraction of sp³-hybridized carbons (Fsp3) is 0.308. The molecule has 1 fully saturated rings. The first-order valence-electron chi connectivity index (χ1n) is 5.09. The van der Waals surface area contributed by atoms with Crippen molar-refractivity contribution in [1.29, 1.82) is 0 Å². The lowest BCUT2D eigenvalue weighted by molar-refractivity contribution is -0.143. The summed E-state index contributed by atoms with van der Waals surface area (Å²) in [5.41, 5.74) is 1.95. The lowest BCUT2D eigenvalue weighted by atomic mass is 9.95. The van der Waals surface area contributed by atoms with Gasteiger partial charge in [0.05, 0.1) is 5.92 Å². The van der Waals surface area contributed by atoms with Crippen LogP contribution in [0.2, 0.25) is 0 Å². The van der Waals surface area contributed by atoms with Crippen molar-refractivity contribution in [2.24, 2.45) is 5.92 Å². The van der Waals surface area contributed by atoms with Crippen molar-refractivity contribution in [3.05, 3.63) is 48.0 Å². The molecule has 0 saturated carbocycles. The van der Waals surface area contributed by atoms with Gasteiger partial charge >= 0.3 is 5.97 Å². The summed E-state index contributed by atoms with van der Waals surface area (Å²) in [6, 6.07) is 9.84. The molecule has 2 atom stereocenters. The number of rotatable bonds is 2. The average molecular weight is 202 g/mol. The number of benzene rings is 1. The van der Waals surface area contributed by atoms with Gasteiger partial charge in [0.15, 0.2) is 0 Å². The van der Waals surface area contributed by atoms with E-state index in [0.717, 1.165) is 17.6 Å². The summed E-state index contributed by atoms with van der Waals surface area (Å²) in [7, 11) is 0. The summed E-state index contributed by atoms with van der Waals surface area (Å²) in [5.74, 6) is -0.272. The summed E-state index contributed by atoms with van der Waals surface area (Å²) in [4.78, 5) is 11.5. The lowest BCUT2D eigenvalue weighted by Gasteiger charge is -2.08. The largest absolute Gasteiger partial charge is 0.457 e. The molecule has 0 N–H and O–H groups in total. The third-order valence-electron chi connectivity index (χ3n) is 2.76. The molecule has 2 heteroatoms. The van der Waals surface area contributed by atoms with Gasteiger partial charge < -0.3 is 4.74 Å². The van der Waals surface area contributed by atoms with Crippen molar-refractivity contribution in [2.45, 2.75) is 19.4 Å². The van der Waals surface area contributed by atoms with Crippen LogP contribution in [0.15, 0.2) is 42.5 Å². The zero-order valence-electron chi connectivity index (χ0n) is 8.77. The van der Waals surface area contributed by atoms with Gasteiger partial charge in [-0.25, -0.2) is 0 Å². The molecule has 0 aliphatic carbocycles. The van der Waals surface area contributed by atoms with E-state index in [1.807, 2.05) is 37.3 Å². The quantitative estimate of drug-likeness (QED) is 0.544. The molecule has 2 nitrogen and oxygen atoms in total. The molecule has 0 unspecified atom stereocenters. The van der Waals surface area contributed by atoms with E-state index in [1.54, 1.807) is 0 Å². The van der Waals surface area contributed by atoms with Gasteiger partial charge in [-0.1, -0.05) is 42.5 Å². The number of hydrogen-bond donors (Lipinski definition) is 0. The van der Waals surface area contributed by atoms with Crippen LogP contribution in [0.1, 0.15) is 25.0 Å². The number of carbonyl (C=O) groups is 1. The van der Waals surface area contributed by atoms with E-state index in [1.165, 1.54) is 0 Å². The zero-order chi connectivity index (χ0) is 10.8. The molecule has 1 aliphatic heterocycles. The first-order chi connectivity index (χ1) is 7.18. The molecule has 15 heavy (non-hydrogen) atoms. The van der Waals surface area contributed by atoms with Crippen molar-refractivity contribution < 1.29 is 9.53 Å². The standard InChI is InChI=1S/C13H14O2/c1-9(2)11-8-12(15-13(11)14)10-6-4-3-5-7-10/h3-7,11-12H,1,8H2,2H3/t11-,12-/m1/s1. The third kappa shape index (κ3) is 1.94. The third-order valence-corrected chi connectivity index (χ3v) is 2.76. The number of cyclic esters (lactones) is 1. The smallest absolute Gasteiger partial charge is 0.313 e. The highest BCUT2D eigenvalue weighted by molar-refractivity contribution is 5.77. The monoisotopic (exact) mass is 202 g/mol. The van der Waals surface area contributed by atoms with Crippen molar-refractivity contribution in [1.82, 2.24) is 0 Å². The van der Waals surface area contributed by atoms with E-state index < -0.39 is 0 Å². The fourth-order valence-corrected chi connectivity index (χ4v) is 1.85. The van der Waals surface area contributed by atoms with Crippen molar-refractivity contribution in [2.75, 3.05) is 0 Å². The molecule has 1 aliphatic rings.